The highest BCUT2D eigenvalue weighted by molar-refractivity contribution is 6.30. The van der Waals surface area contributed by atoms with Crippen molar-refractivity contribution in [1.29, 1.82) is 0 Å². The van der Waals surface area contributed by atoms with Crippen LogP contribution in [0.4, 0.5) is 0 Å². The lowest BCUT2D eigenvalue weighted by molar-refractivity contribution is 0.139. The minimum Gasteiger partial charge on any atom is -0.306 e. The van der Waals surface area contributed by atoms with Crippen molar-refractivity contribution in [2.45, 2.75) is 25.4 Å². The quantitative estimate of drug-likeness (QED) is 0.847. The number of likely N-dealkylation sites (tertiary alicyclic amines) is 1. The second kappa shape index (κ2) is 7.43. The van der Waals surface area contributed by atoms with Gasteiger partial charge in [0.1, 0.15) is 0 Å². The van der Waals surface area contributed by atoms with Gasteiger partial charge in [0, 0.05) is 35.6 Å². The van der Waals surface area contributed by atoms with Gasteiger partial charge in [-0.1, -0.05) is 23.7 Å². The van der Waals surface area contributed by atoms with Crippen molar-refractivity contribution in [3.8, 4) is 11.1 Å². The molecule has 0 atom stereocenters. The van der Waals surface area contributed by atoms with Crippen molar-refractivity contribution in [2.75, 3.05) is 27.2 Å². The minimum atomic E-state index is 0.672. The van der Waals surface area contributed by atoms with Crippen LogP contribution in [-0.4, -0.2) is 48.0 Å². The average molecular weight is 330 g/mol. The molecule has 0 aliphatic carbocycles. The molecule has 0 unspecified atom stereocenters. The van der Waals surface area contributed by atoms with Gasteiger partial charge in [-0.15, -0.1) is 0 Å². The number of halogens is 1. The van der Waals surface area contributed by atoms with Gasteiger partial charge >= 0.3 is 0 Å². The number of hydrogen-bond acceptors (Lipinski definition) is 3. The van der Waals surface area contributed by atoms with Crippen molar-refractivity contribution in [3.05, 3.63) is 53.3 Å². The van der Waals surface area contributed by atoms with Crippen molar-refractivity contribution in [2.24, 2.45) is 0 Å². The van der Waals surface area contributed by atoms with Gasteiger partial charge in [0.15, 0.2) is 0 Å². The van der Waals surface area contributed by atoms with Crippen molar-refractivity contribution in [3.63, 3.8) is 0 Å². The van der Waals surface area contributed by atoms with Gasteiger partial charge in [0.05, 0.1) is 0 Å². The third-order valence-electron chi connectivity index (χ3n) is 4.72. The van der Waals surface area contributed by atoms with Gasteiger partial charge in [-0.2, -0.15) is 0 Å². The fourth-order valence-corrected chi connectivity index (χ4v) is 3.35. The molecule has 23 heavy (non-hydrogen) atoms. The van der Waals surface area contributed by atoms with Gasteiger partial charge < -0.3 is 4.90 Å². The molecule has 0 saturated carbocycles. The number of benzene rings is 1. The topological polar surface area (TPSA) is 19.4 Å². The predicted octanol–water partition coefficient (Wildman–Crippen LogP) is 3.93. The highest BCUT2D eigenvalue weighted by Gasteiger charge is 2.20. The van der Waals surface area contributed by atoms with E-state index < -0.39 is 0 Å². The number of piperidine rings is 1. The molecule has 0 amide bonds. The Balaban J connectivity index is 1.69. The molecule has 0 bridgehead atoms. The standard InChI is InChI=1S/C19H24ClN3/c1-22-9-7-19(8-10-22)23(2)14-15-11-17(13-21-12-15)16-3-5-18(20)6-4-16/h3-6,11-13,19H,7-10,14H2,1-2H3. The lowest BCUT2D eigenvalue weighted by atomic mass is 10.0. The van der Waals surface area contributed by atoms with Crippen molar-refractivity contribution < 1.29 is 0 Å². The Morgan fingerprint density at radius 3 is 2.52 bits per heavy atom. The first kappa shape index (κ1) is 16.4. The van der Waals surface area contributed by atoms with E-state index in [0.717, 1.165) is 22.7 Å². The molecule has 0 N–H and O–H groups in total. The SMILES string of the molecule is CN1CCC(N(C)Cc2cncc(-c3ccc(Cl)cc3)c2)CC1. The van der Waals surface area contributed by atoms with E-state index in [0.29, 0.717) is 6.04 Å². The predicted molar refractivity (Wildman–Crippen MR) is 96.7 cm³/mol. The van der Waals surface area contributed by atoms with Crippen LogP contribution in [0.1, 0.15) is 18.4 Å². The minimum absolute atomic E-state index is 0.672. The van der Waals surface area contributed by atoms with Crippen LogP contribution >= 0.6 is 11.6 Å². The summed E-state index contributed by atoms with van der Waals surface area (Å²) in [6.07, 6.45) is 6.39. The zero-order valence-corrected chi connectivity index (χ0v) is 14.6. The second-order valence-electron chi connectivity index (χ2n) is 6.54. The van der Waals surface area contributed by atoms with Gasteiger partial charge in [-0.3, -0.25) is 9.88 Å². The molecule has 2 heterocycles. The molecule has 1 aliphatic rings. The van der Waals surface area contributed by atoms with E-state index >= 15 is 0 Å². The molecular weight excluding hydrogens is 306 g/mol. The molecule has 4 heteroatoms. The van der Waals surface area contributed by atoms with Crippen molar-refractivity contribution >= 4 is 11.6 Å². The number of pyridine rings is 1. The van der Waals surface area contributed by atoms with Gasteiger partial charge in [0.25, 0.3) is 0 Å². The Labute approximate surface area is 143 Å². The van der Waals surface area contributed by atoms with Crippen molar-refractivity contribution in [1.82, 2.24) is 14.8 Å². The van der Waals surface area contributed by atoms with E-state index in [1.807, 2.05) is 36.7 Å². The van der Waals surface area contributed by atoms with Crippen LogP contribution in [0.3, 0.4) is 0 Å². The first-order chi connectivity index (χ1) is 11.1. The summed E-state index contributed by atoms with van der Waals surface area (Å²) in [6.45, 7) is 3.33. The Bertz CT molecular complexity index is 633. The van der Waals surface area contributed by atoms with Crippen LogP contribution in [0.2, 0.25) is 5.02 Å². The van der Waals surface area contributed by atoms with E-state index in [1.54, 1.807) is 0 Å². The summed E-state index contributed by atoms with van der Waals surface area (Å²) >= 11 is 5.97. The Kier molecular flexibility index (Phi) is 5.31. The van der Waals surface area contributed by atoms with Gasteiger partial charge in [0.2, 0.25) is 0 Å². The summed E-state index contributed by atoms with van der Waals surface area (Å²) in [7, 11) is 4.43. The van der Waals surface area contributed by atoms with Crippen LogP contribution in [-0.2, 0) is 6.54 Å². The average Bonchev–Trinajstić information content (AvgIpc) is 2.56. The molecular formula is C19H24ClN3. The van der Waals surface area contributed by atoms with E-state index in [-0.39, 0.29) is 0 Å². The molecule has 3 rings (SSSR count). The van der Waals surface area contributed by atoms with E-state index in [1.165, 1.54) is 31.5 Å². The summed E-state index contributed by atoms with van der Waals surface area (Å²) in [5, 5.41) is 0.764. The van der Waals surface area contributed by atoms with Crippen LogP contribution in [0.25, 0.3) is 11.1 Å². The number of rotatable bonds is 4. The maximum Gasteiger partial charge on any atom is 0.0406 e. The molecule has 1 fully saturated rings. The highest BCUT2D eigenvalue weighted by atomic mass is 35.5. The van der Waals surface area contributed by atoms with Crippen LogP contribution in [0.15, 0.2) is 42.7 Å². The molecule has 1 aliphatic heterocycles. The van der Waals surface area contributed by atoms with Gasteiger partial charge in [-0.05, 0) is 69.4 Å². The summed E-state index contributed by atoms with van der Waals surface area (Å²) in [5.74, 6) is 0. The highest BCUT2D eigenvalue weighted by Crippen LogP contribution is 2.23. The first-order valence-corrected chi connectivity index (χ1v) is 8.58. The summed E-state index contributed by atoms with van der Waals surface area (Å²) in [6, 6.07) is 10.8. The summed E-state index contributed by atoms with van der Waals surface area (Å²) < 4.78 is 0. The normalized spacial score (nSPS) is 16.9. The molecule has 122 valence electrons. The monoisotopic (exact) mass is 329 g/mol. The Hall–Kier alpha value is -1.42. The molecule has 1 aromatic heterocycles. The molecule has 1 aromatic carbocycles. The smallest absolute Gasteiger partial charge is 0.0406 e. The number of aromatic nitrogens is 1. The first-order valence-electron chi connectivity index (χ1n) is 8.20. The molecule has 3 nitrogen and oxygen atoms in total. The molecule has 1 saturated heterocycles. The third-order valence-corrected chi connectivity index (χ3v) is 4.97. The maximum absolute atomic E-state index is 5.97. The van der Waals surface area contributed by atoms with Crippen LogP contribution < -0.4 is 0 Å². The Morgan fingerprint density at radius 2 is 1.83 bits per heavy atom. The zero-order chi connectivity index (χ0) is 16.2. The van der Waals surface area contributed by atoms with E-state index in [4.69, 9.17) is 11.6 Å². The fourth-order valence-electron chi connectivity index (χ4n) is 3.23. The third kappa shape index (κ3) is 4.31. The van der Waals surface area contributed by atoms with E-state index in [2.05, 4.69) is 34.9 Å². The molecule has 0 radical (unpaired) electrons. The van der Waals surface area contributed by atoms with E-state index in [9.17, 15) is 0 Å². The number of hydrogen-bond donors (Lipinski definition) is 0. The molecule has 2 aromatic rings. The summed E-state index contributed by atoms with van der Waals surface area (Å²) in [4.78, 5) is 9.30. The second-order valence-corrected chi connectivity index (χ2v) is 6.97. The van der Waals surface area contributed by atoms with Crippen LogP contribution in [0, 0.1) is 0 Å². The van der Waals surface area contributed by atoms with Crippen LogP contribution in [0.5, 0.6) is 0 Å². The van der Waals surface area contributed by atoms with Gasteiger partial charge in [-0.25, -0.2) is 0 Å². The lowest BCUT2D eigenvalue weighted by Crippen LogP contribution is -2.41. The number of nitrogens with zero attached hydrogens (tertiary/aromatic N) is 3. The zero-order valence-electron chi connectivity index (χ0n) is 13.9. The molecule has 0 spiro atoms. The lowest BCUT2D eigenvalue weighted by Gasteiger charge is -2.35. The maximum atomic E-state index is 5.97. The fraction of sp³-hybridized carbons (Fsp3) is 0.421. The summed E-state index contributed by atoms with van der Waals surface area (Å²) in [5.41, 5.74) is 3.57. The largest absolute Gasteiger partial charge is 0.306 e. The Morgan fingerprint density at radius 1 is 1.13 bits per heavy atom.